The van der Waals surface area contributed by atoms with Crippen molar-refractivity contribution in [3.8, 4) is 0 Å². The Morgan fingerprint density at radius 3 is 2.40 bits per heavy atom. The van der Waals surface area contributed by atoms with Gasteiger partial charge in [0.1, 0.15) is 0 Å². The lowest BCUT2D eigenvalue weighted by Gasteiger charge is -2.17. The maximum absolute atomic E-state index is 11.6. The first kappa shape index (κ1) is 16.2. The lowest BCUT2D eigenvalue weighted by Crippen LogP contribution is -2.37. The zero-order valence-electron chi connectivity index (χ0n) is 12.2. The Morgan fingerprint density at radius 1 is 1.25 bits per heavy atom. The van der Waals surface area contributed by atoms with Crippen LogP contribution in [0.2, 0.25) is 0 Å². The Hall–Kier alpha value is -1.88. The van der Waals surface area contributed by atoms with E-state index in [1.807, 2.05) is 30.3 Å². The molecule has 1 aromatic rings. The number of rotatable bonds is 4. The molecule has 0 saturated heterocycles. The Labute approximate surface area is 119 Å². The first-order chi connectivity index (χ1) is 9.29. The largest absolute Gasteiger partial charge is 0.340 e. The first-order valence-electron chi connectivity index (χ1n) is 6.58. The summed E-state index contributed by atoms with van der Waals surface area (Å²) in [5.41, 5.74) is 8.45. The number of amides is 1. The summed E-state index contributed by atoms with van der Waals surface area (Å²) in [5.74, 6) is -0.881. The fourth-order valence-electron chi connectivity index (χ4n) is 1.53. The second kappa shape index (κ2) is 7.05. The van der Waals surface area contributed by atoms with Gasteiger partial charge in [0.05, 0.1) is 5.41 Å². The molecule has 0 radical (unpaired) electrons. The zero-order chi connectivity index (χ0) is 15.2. The molecule has 0 aliphatic heterocycles. The summed E-state index contributed by atoms with van der Waals surface area (Å²) in [6, 6.07) is 9.37. The van der Waals surface area contributed by atoms with Crippen molar-refractivity contribution in [2.75, 3.05) is 0 Å². The molecule has 1 atom stereocenters. The van der Waals surface area contributed by atoms with E-state index in [0.717, 1.165) is 5.56 Å². The summed E-state index contributed by atoms with van der Waals surface area (Å²) in [6.07, 6.45) is 0.702. The van der Waals surface area contributed by atoms with Crippen LogP contribution in [0.3, 0.4) is 0 Å². The average Bonchev–Trinajstić information content (AvgIpc) is 2.35. The number of carbonyl (C=O) groups excluding carboxylic acids is 2. The van der Waals surface area contributed by atoms with Gasteiger partial charge < -0.3 is 10.6 Å². The maximum Gasteiger partial charge on any atom is 0.337 e. The van der Waals surface area contributed by atoms with E-state index in [1.54, 1.807) is 20.8 Å². The number of benzene rings is 1. The van der Waals surface area contributed by atoms with E-state index in [0.29, 0.717) is 6.42 Å². The topological polar surface area (TPSA) is 81.4 Å². The maximum atomic E-state index is 11.6. The predicted molar refractivity (Wildman–Crippen MR) is 76.4 cm³/mol. The summed E-state index contributed by atoms with van der Waals surface area (Å²) in [5, 5.41) is 0. The van der Waals surface area contributed by atoms with E-state index >= 15 is 0 Å². The summed E-state index contributed by atoms with van der Waals surface area (Å²) in [4.78, 5) is 27.8. The van der Waals surface area contributed by atoms with Crippen LogP contribution in [0.5, 0.6) is 0 Å². The Kier molecular flexibility index (Phi) is 5.70. The molecule has 0 fully saturated rings. The van der Waals surface area contributed by atoms with Crippen molar-refractivity contribution >= 4 is 11.9 Å². The normalized spacial score (nSPS) is 12.6. The van der Waals surface area contributed by atoms with E-state index in [2.05, 4.69) is 5.48 Å². The molecule has 1 rings (SSSR count). The van der Waals surface area contributed by atoms with Crippen molar-refractivity contribution in [3.63, 3.8) is 0 Å². The standard InChI is InChI=1S/C15H22N2O3/c1-15(2,3)14(19)20-17-13(18)10-12(16)9-11-7-5-4-6-8-11/h4-8,12H,9-10,16H2,1-3H3,(H,17,18)/t12-/m1/s1. The molecule has 5 nitrogen and oxygen atoms in total. The number of nitrogens with one attached hydrogen (secondary N) is 1. The van der Waals surface area contributed by atoms with E-state index in [9.17, 15) is 9.59 Å². The number of hydrogen-bond donors (Lipinski definition) is 2. The van der Waals surface area contributed by atoms with E-state index in [-0.39, 0.29) is 12.5 Å². The van der Waals surface area contributed by atoms with Crippen molar-refractivity contribution in [1.82, 2.24) is 5.48 Å². The minimum atomic E-state index is -0.653. The molecule has 0 aromatic heterocycles. The molecule has 0 bridgehead atoms. The third kappa shape index (κ3) is 5.84. The number of hydroxylamine groups is 1. The number of hydrogen-bond acceptors (Lipinski definition) is 4. The predicted octanol–water partition coefficient (Wildman–Crippen LogP) is 1.57. The van der Waals surface area contributed by atoms with Crippen LogP contribution >= 0.6 is 0 Å². The molecule has 3 N–H and O–H groups in total. The highest BCUT2D eigenvalue weighted by atomic mass is 16.7. The van der Waals surface area contributed by atoms with E-state index in [4.69, 9.17) is 10.6 Å². The van der Waals surface area contributed by atoms with Crippen molar-refractivity contribution in [3.05, 3.63) is 35.9 Å². The Balaban J connectivity index is 2.34. The Morgan fingerprint density at radius 2 is 1.85 bits per heavy atom. The molecule has 1 aromatic carbocycles. The third-order valence-corrected chi connectivity index (χ3v) is 2.66. The van der Waals surface area contributed by atoms with Crippen molar-refractivity contribution in [2.45, 2.75) is 39.7 Å². The second-order valence-electron chi connectivity index (χ2n) is 5.82. The van der Waals surface area contributed by atoms with Gasteiger partial charge in [-0.25, -0.2) is 4.79 Å². The zero-order valence-corrected chi connectivity index (χ0v) is 12.2. The molecule has 1 amide bonds. The van der Waals surface area contributed by atoms with Crippen molar-refractivity contribution < 1.29 is 14.4 Å². The minimum absolute atomic E-state index is 0.103. The van der Waals surface area contributed by atoms with Crippen molar-refractivity contribution in [1.29, 1.82) is 0 Å². The van der Waals surface area contributed by atoms with E-state index < -0.39 is 17.3 Å². The third-order valence-electron chi connectivity index (χ3n) is 2.66. The second-order valence-corrected chi connectivity index (χ2v) is 5.82. The first-order valence-corrected chi connectivity index (χ1v) is 6.58. The van der Waals surface area contributed by atoms with Crippen LogP contribution in [0.1, 0.15) is 32.8 Å². The average molecular weight is 278 g/mol. The minimum Gasteiger partial charge on any atom is -0.340 e. The molecule has 0 aliphatic rings. The van der Waals surface area contributed by atoms with Crippen LogP contribution in [0, 0.1) is 5.41 Å². The quantitative estimate of drug-likeness (QED) is 0.819. The fourth-order valence-corrected chi connectivity index (χ4v) is 1.53. The highest BCUT2D eigenvalue weighted by Gasteiger charge is 2.24. The number of carbonyl (C=O) groups is 2. The summed E-state index contributed by atoms with van der Waals surface area (Å²) >= 11 is 0. The van der Waals surface area contributed by atoms with Crippen LogP contribution in [-0.4, -0.2) is 17.9 Å². The molecule has 0 spiro atoms. The smallest absolute Gasteiger partial charge is 0.337 e. The number of nitrogens with two attached hydrogens (primary N) is 1. The lowest BCUT2D eigenvalue weighted by atomic mass is 9.98. The molecule has 0 aliphatic carbocycles. The highest BCUT2D eigenvalue weighted by Crippen LogP contribution is 2.14. The van der Waals surface area contributed by atoms with Crippen LogP contribution in [0.25, 0.3) is 0 Å². The van der Waals surface area contributed by atoms with Crippen LogP contribution < -0.4 is 11.2 Å². The molecule has 20 heavy (non-hydrogen) atoms. The van der Waals surface area contributed by atoms with Gasteiger partial charge in [0, 0.05) is 12.5 Å². The van der Waals surface area contributed by atoms with Gasteiger partial charge in [0.15, 0.2) is 0 Å². The Bertz CT molecular complexity index is 452. The molecule has 0 heterocycles. The lowest BCUT2D eigenvalue weighted by molar-refractivity contribution is -0.166. The van der Waals surface area contributed by atoms with Gasteiger partial charge in [-0.05, 0) is 32.8 Å². The molecule has 110 valence electrons. The molecule has 0 unspecified atom stereocenters. The van der Waals surface area contributed by atoms with Gasteiger partial charge in [-0.15, -0.1) is 0 Å². The van der Waals surface area contributed by atoms with Gasteiger partial charge in [0.25, 0.3) is 5.91 Å². The van der Waals surface area contributed by atoms with Gasteiger partial charge in [-0.2, -0.15) is 5.48 Å². The molecular formula is C15H22N2O3. The van der Waals surface area contributed by atoms with E-state index in [1.165, 1.54) is 0 Å². The fraction of sp³-hybridized carbons (Fsp3) is 0.467. The molecule has 0 saturated carbocycles. The highest BCUT2D eigenvalue weighted by molar-refractivity contribution is 5.80. The summed E-state index contributed by atoms with van der Waals surface area (Å²) in [7, 11) is 0. The van der Waals surface area contributed by atoms with Crippen LogP contribution in [-0.2, 0) is 20.8 Å². The molecule has 5 heteroatoms. The monoisotopic (exact) mass is 278 g/mol. The van der Waals surface area contributed by atoms with Crippen LogP contribution in [0.4, 0.5) is 0 Å². The molecular weight excluding hydrogens is 256 g/mol. The van der Waals surface area contributed by atoms with Crippen LogP contribution in [0.15, 0.2) is 30.3 Å². The summed E-state index contributed by atoms with van der Waals surface area (Å²) < 4.78 is 0. The van der Waals surface area contributed by atoms with Gasteiger partial charge in [-0.1, -0.05) is 30.3 Å². The van der Waals surface area contributed by atoms with Gasteiger partial charge in [-0.3, -0.25) is 4.79 Å². The van der Waals surface area contributed by atoms with Crippen molar-refractivity contribution in [2.24, 2.45) is 11.1 Å². The van der Waals surface area contributed by atoms with Gasteiger partial charge >= 0.3 is 5.97 Å². The SMILES string of the molecule is CC(C)(C)C(=O)ONC(=O)C[C@H](N)Cc1ccccc1. The van der Waals surface area contributed by atoms with Gasteiger partial charge in [0.2, 0.25) is 0 Å². The summed E-state index contributed by atoms with van der Waals surface area (Å²) in [6.45, 7) is 5.13.